The van der Waals surface area contributed by atoms with E-state index in [9.17, 15) is 9.50 Å². The smallest absolute Gasteiger partial charge is 0.127 e. The van der Waals surface area contributed by atoms with E-state index in [0.717, 1.165) is 21.7 Å². The summed E-state index contributed by atoms with van der Waals surface area (Å²) in [6, 6.07) is 12.3. The van der Waals surface area contributed by atoms with Gasteiger partial charge in [-0.05, 0) is 42.3 Å². The van der Waals surface area contributed by atoms with Crippen molar-refractivity contribution in [2.75, 3.05) is 0 Å². The van der Waals surface area contributed by atoms with Gasteiger partial charge in [-0.15, -0.1) is 0 Å². The van der Waals surface area contributed by atoms with Gasteiger partial charge in [0, 0.05) is 23.1 Å². The van der Waals surface area contributed by atoms with Crippen LogP contribution < -0.4 is 5.32 Å². The van der Waals surface area contributed by atoms with Crippen molar-refractivity contribution in [2.24, 2.45) is 0 Å². The number of nitrogens with one attached hydrogen (secondary N) is 1. The highest BCUT2D eigenvalue weighted by Gasteiger charge is 2.06. The van der Waals surface area contributed by atoms with E-state index in [1.807, 2.05) is 31.2 Å². The van der Waals surface area contributed by atoms with Gasteiger partial charge < -0.3 is 10.4 Å². The Bertz CT molecular complexity index is 536. The van der Waals surface area contributed by atoms with E-state index >= 15 is 0 Å². The van der Waals surface area contributed by atoms with Gasteiger partial charge in [0.25, 0.3) is 0 Å². The molecule has 19 heavy (non-hydrogen) atoms. The molecule has 0 amide bonds. The zero-order chi connectivity index (χ0) is 13.8. The Hall–Kier alpha value is -1.39. The quantitative estimate of drug-likeness (QED) is 0.886. The molecule has 0 bridgehead atoms. The van der Waals surface area contributed by atoms with Crippen LogP contribution in [0.25, 0.3) is 0 Å². The summed E-state index contributed by atoms with van der Waals surface area (Å²) < 4.78 is 14.2. The standard InChI is InChI=1S/C15H15BrFNO/c1-10(12-2-4-13(16)5-3-12)18-9-11-6-14(17)8-15(19)7-11/h2-8,10,18-19H,9H2,1H3/t10-/m1/s1. The van der Waals surface area contributed by atoms with Crippen molar-refractivity contribution in [1.29, 1.82) is 0 Å². The van der Waals surface area contributed by atoms with E-state index in [-0.39, 0.29) is 11.8 Å². The number of aromatic hydroxyl groups is 1. The van der Waals surface area contributed by atoms with E-state index in [0.29, 0.717) is 6.54 Å². The minimum Gasteiger partial charge on any atom is -0.508 e. The molecule has 0 aliphatic rings. The summed E-state index contributed by atoms with van der Waals surface area (Å²) in [4.78, 5) is 0. The topological polar surface area (TPSA) is 32.3 Å². The van der Waals surface area contributed by atoms with Crippen molar-refractivity contribution in [3.63, 3.8) is 0 Å². The van der Waals surface area contributed by atoms with Gasteiger partial charge in [-0.25, -0.2) is 4.39 Å². The molecule has 0 saturated carbocycles. The largest absolute Gasteiger partial charge is 0.508 e. The highest BCUT2D eigenvalue weighted by molar-refractivity contribution is 9.10. The molecule has 0 radical (unpaired) electrons. The fourth-order valence-corrected chi connectivity index (χ4v) is 2.14. The Balaban J connectivity index is 1.99. The minimum absolute atomic E-state index is 0.0481. The Morgan fingerprint density at radius 2 is 1.89 bits per heavy atom. The van der Waals surface area contributed by atoms with Crippen LogP contribution in [0.2, 0.25) is 0 Å². The van der Waals surface area contributed by atoms with Crippen molar-refractivity contribution >= 4 is 15.9 Å². The van der Waals surface area contributed by atoms with Crippen LogP contribution in [-0.4, -0.2) is 5.11 Å². The lowest BCUT2D eigenvalue weighted by atomic mass is 10.1. The summed E-state index contributed by atoms with van der Waals surface area (Å²) in [5.74, 6) is -0.471. The van der Waals surface area contributed by atoms with Crippen LogP contribution in [0.3, 0.4) is 0 Å². The van der Waals surface area contributed by atoms with Crippen LogP contribution in [0.15, 0.2) is 46.9 Å². The van der Waals surface area contributed by atoms with Crippen LogP contribution in [0.1, 0.15) is 24.1 Å². The SMILES string of the molecule is C[C@@H](NCc1cc(O)cc(F)c1)c1ccc(Br)cc1. The Morgan fingerprint density at radius 1 is 1.21 bits per heavy atom. The van der Waals surface area contributed by atoms with Crippen LogP contribution in [0, 0.1) is 5.82 Å². The summed E-state index contributed by atoms with van der Waals surface area (Å²) in [7, 11) is 0. The fraction of sp³-hybridized carbons (Fsp3) is 0.200. The molecule has 0 aliphatic carbocycles. The predicted molar refractivity (Wildman–Crippen MR) is 77.5 cm³/mol. The third kappa shape index (κ3) is 4.04. The van der Waals surface area contributed by atoms with Gasteiger partial charge in [-0.1, -0.05) is 28.1 Å². The van der Waals surface area contributed by atoms with Crippen molar-refractivity contribution in [1.82, 2.24) is 5.32 Å². The molecule has 0 aliphatic heterocycles. The van der Waals surface area contributed by atoms with Crippen molar-refractivity contribution in [3.05, 3.63) is 63.9 Å². The molecule has 2 aromatic carbocycles. The maximum Gasteiger partial charge on any atom is 0.127 e. The molecular weight excluding hydrogens is 309 g/mol. The lowest BCUT2D eigenvalue weighted by Gasteiger charge is -2.14. The number of halogens is 2. The Kier molecular flexibility index (Phi) is 4.56. The molecule has 0 aromatic heterocycles. The third-order valence-corrected chi connectivity index (χ3v) is 3.45. The number of hydrogen-bond acceptors (Lipinski definition) is 2. The van der Waals surface area contributed by atoms with Gasteiger partial charge >= 0.3 is 0 Å². The third-order valence-electron chi connectivity index (χ3n) is 2.92. The molecule has 0 spiro atoms. The van der Waals surface area contributed by atoms with Gasteiger partial charge in [0.2, 0.25) is 0 Å². The first-order valence-electron chi connectivity index (χ1n) is 6.02. The van der Waals surface area contributed by atoms with Gasteiger partial charge in [0.05, 0.1) is 0 Å². The van der Waals surface area contributed by atoms with E-state index in [2.05, 4.69) is 21.2 Å². The minimum atomic E-state index is -0.423. The molecule has 2 nitrogen and oxygen atoms in total. The lowest BCUT2D eigenvalue weighted by Crippen LogP contribution is -2.18. The number of benzene rings is 2. The van der Waals surface area contributed by atoms with E-state index in [1.165, 1.54) is 6.07 Å². The molecule has 100 valence electrons. The second-order valence-corrected chi connectivity index (χ2v) is 5.39. The molecule has 2 N–H and O–H groups in total. The first-order valence-corrected chi connectivity index (χ1v) is 6.81. The number of phenols is 1. The lowest BCUT2D eigenvalue weighted by molar-refractivity contribution is 0.466. The van der Waals surface area contributed by atoms with Crippen molar-refractivity contribution in [3.8, 4) is 5.75 Å². The fourth-order valence-electron chi connectivity index (χ4n) is 1.88. The average molecular weight is 324 g/mol. The highest BCUT2D eigenvalue weighted by Crippen LogP contribution is 2.18. The number of rotatable bonds is 4. The molecule has 2 rings (SSSR count). The van der Waals surface area contributed by atoms with Crippen LogP contribution >= 0.6 is 15.9 Å². The second-order valence-electron chi connectivity index (χ2n) is 4.47. The second kappa shape index (κ2) is 6.17. The molecule has 0 heterocycles. The maximum absolute atomic E-state index is 13.1. The van der Waals surface area contributed by atoms with Crippen LogP contribution in [0.5, 0.6) is 5.75 Å². The summed E-state index contributed by atoms with van der Waals surface area (Å²) in [5, 5.41) is 12.6. The van der Waals surface area contributed by atoms with E-state index < -0.39 is 5.82 Å². The molecule has 0 fully saturated rings. The average Bonchev–Trinajstić information content (AvgIpc) is 2.36. The first kappa shape index (κ1) is 14.0. The van der Waals surface area contributed by atoms with Crippen LogP contribution in [-0.2, 0) is 6.54 Å². The van der Waals surface area contributed by atoms with Crippen molar-refractivity contribution in [2.45, 2.75) is 19.5 Å². The first-order chi connectivity index (χ1) is 9.04. The summed E-state index contributed by atoms with van der Waals surface area (Å²) in [6.07, 6.45) is 0. The zero-order valence-electron chi connectivity index (χ0n) is 10.5. The Morgan fingerprint density at radius 3 is 2.53 bits per heavy atom. The highest BCUT2D eigenvalue weighted by atomic mass is 79.9. The molecule has 2 aromatic rings. The molecule has 4 heteroatoms. The van der Waals surface area contributed by atoms with E-state index in [4.69, 9.17) is 0 Å². The van der Waals surface area contributed by atoms with Gasteiger partial charge in [-0.3, -0.25) is 0 Å². The van der Waals surface area contributed by atoms with Crippen LogP contribution in [0.4, 0.5) is 4.39 Å². The molecule has 1 atom stereocenters. The zero-order valence-corrected chi connectivity index (χ0v) is 12.1. The molecule has 0 unspecified atom stereocenters. The monoisotopic (exact) mass is 323 g/mol. The summed E-state index contributed by atoms with van der Waals surface area (Å²) in [6.45, 7) is 2.55. The van der Waals surface area contributed by atoms with E-state index in [1.54, 1.807) is 6.07 Å². The number of hydrogen-bond donors (Lipinski definition) is 2. The van der Waals surface area contributed by atoms with Gasteiger partial charge in [-0.2, -0.15) is 0 Å². The summed E-state index contributed by atoms with van der Waals surface area (Å²) in [5.41, 5.74) is 1.88. The number of phenolic OH excluding ortho intramolecular Hbond substituents is 1. The normalized spacial score (nSPS) is 12.4. The molecular formula is C15H15BrFNO. The van der Waals surface area contributed by atoms with Crippen molar-refractivity contribution < 1.29 is 9.50 Å². The van der Waals surface area contributed by atoms with Gasteiger partial charge in [0.1, 0.15) is 11.6 Å². The summed E-state index contributed by atoms with van der Waals surface area (Å²) >= 11 is 3.40. The molecule has 0 saturated heterocycles. The Labute approximate surface area is 120 Å². The maximum atomic E-state index is 13.1. The predicted octanol–water partition coefficient (Wildman–Crippen LogP) is 4.14. The van der Waals surface area contributed by atoms with Gasteiger partial charge in [0.15, 0.2) is 0 Å².